The van der Waals surface area contributed by atoms with Gasteiger partial charge in [0, 0.05) is 30.6 Å². The summed E-state index contributed by atoms with van der Waals surface area (Å²) in [5, 5.41) is 15.7. The largest absolute Gasteiger partial charge is 0.337 e. The molecule has 1 unspecified atom stereocenters. The van der Waals surface area contributed by atoms with Crippen molar-refractivity contribution in [3.63, 3.8) is 0 Å². The molecule has 2 aromatic heterocycles. The molecular formula is C22H23FN6O. The van der Waals surface area contributed by atoms with Crippen LogP contribution in [0.1, 0.15) is 60.2 Å². The lowest BCUT2D eigenvalue weighted by Crippen LogP contribution is -2.38. The zero-order valence-corrected chi connectivity index (χ0v) is 16.6. The summed E-state index contributed by atoms with van der Waals surface area (Å²) in [4.78, 5) is 15.4. The van der Waals surface area contributed by atoms with Gasteiger partial charge in [0.15, 0.2) is 0 Å². The van der Waals surface area contributed by atoms with E-state index >= 15 is 0 Å². The number of amides is 1. The number of carbonyl (C=O) groups excluding carboxylic acids is 1. The minimum atomic E-state index is -0.305. The number of hydrogen-bond acceptors (Lipinski definition) is 4. The number of nitrogens with zero attached hydrogens (tertiary/aromatic N) is 5. The van der Waals surface area contributed by atoms with Crippen molar-refractivity contribution in [1.29, 1.82) is 0 Å². The van der Waals surface area contributed by atoms with Gasteiger partial charge in [0.05, 0.1) is 17.5 Å². The molecule has 1 aromatic carbocycles. The van der Waals surface area contributed by atoms with E-state index in [0.29, 0.717) is 23.8 Å². The second-order valence-corrected chi connectivity index (χ2v) is 8.95. The van der Waals surface area contributed by atoms with Crippen LogP contribution in [0.15, 0.2) is 36.8 Å². The summed E-state index contributed by atoms with van der Waals surface area (Å²) in [7, 11) is 0. The van der Waals surface area contributed by atoms with Crippen molar-refractivity contribution in [3.05, 3.63) is 54.0 Å². The first-order chi connectivity index (χ1) is 14.6. The minimum absolute atomic E-state index is 0.0330. The third kappa shape index (κ3) is 2.69. The molecule has 3 fully saturated rings. The number of nitrogens with one attached hydrogen (secondary N) is 1. The smallest absolute Gasteiger partial charge is 0.257 e. The molecule has 8 heteroatoms. The van der Waals surface area contributed by atoms with Crippen LogP contribution >= 0.6 is 0 Å². The second kappa shape index (κ2) is 6.48. The standard InChI is InChI=1S/C22H23FN6O/c23-15-4-2-14(3-5-15)19-17(10-24-26-19)21(30)28-11-18(22(12-28)8-1-9-22)20-27-25-13-29(20)16-6-7-16/h2-5,10,13,16,18H,1,6-9,11-12H2,(H,24,26). The third-order valence-corrected chi connectivity index (χ3v) is 7.14. The van der Waals surface area contributed by atoms with Gasteiger partial charge in [0.1, 0.15) is 18.0 Å². The molecule has 154 valence electrons. The molecule has 1 atom stereocenters. The molecule has 1 aliphatic heterocycles. The van der Waals surface area contributed by atoms with E-state index in [-0.39, 0.29) is 23.1 Å². The number of rotatable bonds is 4. The van der Waals surface area contributed by atoms with Crippen molar-refractivity contribution >= 4 is 5.91 Å². The number of carbonyl (C=O) groups is 1. The van der Waals surface area contributed by atoms with Crippen LogP contribution in [-0.2, 0) is 0 Å². The summed E-state index contributed by atoms with van der Waals surface area (Å²) in [5.41, 5.74) is 2.02. The van der Waals surface area contributed by atoms with Gasteiger partial charge in [-0.15, -0.1) is 10.2 Å². The molecular weight excluding hydrogens is 383 g/mol. The van der Waals surface area contributed by atoms with Gasteiger partial charge in [0.2, 0.25) is 0 Å². The molecule has 1 amide bonds. The highest BCUT2D eigenvalue weighted by Gasteiger charge is 2.54. The number of H-pyrrole nitrogens is 1. The maximum Gasteiger partial charge on any atom is 0.257 e. The maximum absolute atomic E-state index is 13.5. The first-order valence-corrected chi connectivity index (χ1v) is 10.6. The van der Waals surface area contributed by atoms with E-state index in [2.05, 4.69) is 25.0 Å². The van der Waals surface area contributed by atoms with E-state index in [9.17, 15) is 9.18 Å². The molecule has 2 aliphatic carbocycles. The van der Waals surface area contributed by atoms with E-state index in [4.69, 9.17) is 0 Å². The molecule has 1 saturated heterocycles. The Morgan fingerprint density at radius 2 is 2.00 bits per heavy atom. The van der Waals surface area contributed by atoms with Crippen molar-refractivity contribution < 1.29 is 9.18 Å². The quantitative estimate of drug-likeness (QED) is 0.719. The molecule has 0 bridgehead atoms. The fraction of sp³-hybridized carbons (Fsp3) is 0.455. The third-order valence-electron chi connectivity index (χ3n) is 7.14. The van der Waals surface area contributed by atoms with Crippen LogP contribution in [0.25, 0.3) is 11.3 Å². The lowest BCUT2D eigenvalue weighted by Gasteiger charge is -2.42. The van der Waals surface area contributed by atoms with Gasteiger partial charge in [-0.1, -0.05) is 6.42 Å². The summed E-state index contributed by atoms with van der Waals surface area (Å²) < 4.78 is 15.6. The van der Waals surface area contributed by atoms with Crippen LogP contribution in [0.5, 0.6) is 0 Å². The van der Waals surface area contributed by atoms with Crippen LogP contribution in [0.3, 0.4) is 0 Å². The SMILES string of the molecule is O=C(c1cn[nH]c1-c1ccc(F)cc1)N1CC(c2nncn2C2CC2)C2(CCC2)C1. The zero-order valence-electron chi connectivity index (χ0n) is 16.6. The zero-order chi connectivity index (χ0) is 20.3. The van der Waals surface area contributed by atoms with Gasteiger partial charge < -0.3 is 9.47 Å². The monoisotopic (exact) mass is 406 g/mol. The highest BCUT2D eigenvalue weighted by atomic mass is 19.1. The highest BCUT2D eigenvalue weighted by Crippen LogP contribution is 2.56. The number of aromatic nitrogens is 5. The van der Waals surface area contributed by atoms with E-state index in [1.54, 1.807) is 18.3 Å². The number of aromatic amines is 1. The Kier molecular flexibility index (Phi) is 3.85. The van der Waals surface area contributed by atoms with Crippen molar-refractivity contribution in [1.82, 2.24) is 29.9 Å². The first-order valence-electron chi connectivity index (χ1n) is 10.6. The molecule has 3 aromatic rings. The molecule has 1 N–H and O–H groups in total. The maximum atomic E-state index is 13.5. The van der Waals surface area contributed by atoms with E-state index in [0.717, 1.165) is 30.8 Å². The molecule has 3 aliphatic rings. The Morgan fingerprint density at radius 1 is 1.20 bits per heavy atom. The van der Waals surface area contributed by atoms with Crippen LogP contribution in [0.2, 0.25) is 0 Å². The van der Waals surface area contributed by atoms with Crippen molar-refractivity contribution in [2.45, 2.75) is 44.1 Å². The Hall–Kier alpha value is -3.03. The topological polar surface area (TPSA) is 79.7 Å². The van der Waals surface area contributed by atoms with E-state index in [1.165, 1.54) is 31.4 Å². The van der Waals surface area contributed by atoms with E-state index < -0.39 is 0 Å². The van der Waals surface area contributed by atoms with Crippen LogP contribution in [-0.4, -0.2) is 48.9 Å². The summed E-state index contributed by atoms with van der Waals surface area (Å²) in [6.07, 6.45) is 9.24. The van der Waals surface area contributed by atoms with Crippen molar-refractivity contribution in [3.8, 4) is 11.3 Å². The van der Waals surface area contributed by atoms with Gasteiger partial charge in [-0.3, -0.25) is 9.89 Å². The Balaban J connectivity index is 1.31. The summed E-state index contributed by atoms with van der Waals surface area (Å²) in [6, 6.07) is 6.64. The van der Waals surface area contributed by atoms with Gasteiger partial charge in [0.25, 0.3) is 5.91 Å². The number of halogens is 1. The summed E-state index contributed by atoms with van der Waals surface area (Å²) in [6.45, 7) is 1.39. The van der Waals surface area contributed by atoms with Crippen molar-refractivity contribution in [2.24, 2.45) is 5.41 Å². The van der Waals surface area contributed by atoms with Crippen LogP contribution < -0.4 is 0 Å². The normalized spacial score (nSPS) is 22.4. The van der Waals surface area contributed by atoms with Gasteiger partial charge in [-0.05, 0) is 55.4 Å². The molecule has 2 saturated carbocycles. The Bertz CT molecular complexity index is 1100. The minimum Gasteiger partial charge on any atom is -0.337 e. The fourth-order valence-electron chi connectivity index (χ4n) is 5.21. The van der Waals surface area contributed by atoms with E-state index in [1.807, 2.05) is 11.2 Å². The molecule has 3 heterocycles. The Labute approximate surface area is 173 Å². The van der Waals surface area contributed by atoms with Gasteiger partial charge in [-0.25, -0.2) is 4.39 Å². The molecule has 1 spiro atoms. The van der Waals surface area contributed by atoms with Crippen molar-refractivity contribution in [2.75, 3.05) is 13.1 Å². The average molecular weight is 406 g/mol. The molecule has 30 heavy (non-hydrogen) atoms. The second-order valence-electron chi connectivity index (χ2n) is 8.95. The number of benzene rings is 1. The summed E-state index contributed by atoms with van der Waals surface area (Å²) >= 11 is 0. The number of hydrogen-bond donors (Lipinski definition) is 1. The predicted molar refractivity (Wildman–Crippen MR) is 107 cm³/mol. The molecule has 7 nitrogen and oxygen atoms in total. The number of likely N-dealkylation sites (tertiary alicyclic amines) is 1. The Morgan fingerprint density at radius 3 is 2.70 bits per heavy atom. The van der Waals surface area contributed by atoms with Gasteiger partial charge >= 0.3 is 0 Å². The first kappa shape index (κ1) is 17.8. The molecule has 0 radical (unpaired) electrons. The lowest BCUT2D eigenvalue weighted by atomic mass is 9.62. The fourth-order valence-corrected chi connectivity index (χ4v) is 5.21. The van der Waals surface area contributed by atoms with Crippen LogP contribution in [0, 0.1) is 11.2 Å². The molecule has 6 rings (SSSR count). The van der Waals surface area contributed by atoms with Gasteiger partial charge in [-0.2, -0.15) is 5.10 Å². The lowest BCUT2D eigenvalue weighted by molar-refractivity contribution is 0.0724. The van der Waals surface area contributed by atoms with Crippen LogP contribution in [0.4, 0.5) is 4.39 Å². The predicted octanol–water partition coefficient (Wildman–Crippen LogP) is 3.55. The highest BCUT2D eigenvalue weighted by molar-refractivity contribution is 6.00. The average Bonchev–Trinajstić information content (AvgIpc) is 3.15. The summed E-state index contributed by atoms with van der Waals surface area (Å²) in [5.74, 6) is 0.924.